The average molecular weight is 203 g/mol. The van der Waals surface area contributed by atoms with E-state index in [0.717, 1.165) is 17.5 Å². The number of nitrogens with zero attached hydrogens (tertiary/aromatic N) is 1. The molecule has 0 fully saturated rings. The van der Waals surface area contributed by atoms with E-state index in [1.54, 1.807) is 6.08 Å². The maximum absolute atomic E-state index is 12.0. The van der Waals surface area contributed by atoms with E-state index in [2.05, 4.69) is 6.58 Å². The molecule has 0 radical (unpaired) electrons. The minimum Gasteiger partial charge on any atom is -0.273 e. The lowest BCUT2D eigenvalue weighted by Gasteiger charge is -2.32. The molecule has 3 nitrogen and oxygen atoms in total. The highest BCUT2D eigenvalue weighted by Gasteiger charge is 2.30. The molecular formula is C12H13NO2. The third-order valence-corrected chi connectivity index (χ3v) is 2.65. The van der Waals surface area contributed by atoms with Gasteiger partial charge in [-0.3, -0.25) is 9.63 Å². The zero-order valence-electron chi connectivity index (χ0n) is 8.64. The predicted octanol–water partition coefficient (Wildman–Crippen LogP) is 1.80. The van der Waals surface area contributed by atoms with Crippen LogP contribution >= 0.6 is 0 Å². The molecule has 15 heavy (non-hydrogen) atoms. The summed E-state index contributed by atoms with van der Waals surface area (Å²) in [6, 6.07) is 7.52. The van der Waals surface area contributed by atoms with Gasteiger partial charge in [0.25, 0.3) is 5.91 Å². The van der Waals surface area contributed by atoms with E-state index in [-0.39, 0.29) is 11.9 Å². The number of benzene rings is 1. The first kappa shape index (κ1) is 9.93. The van der Waals surface area contributed by atoms with E-state index < -0.39 is 0 Å². The lowest BCUT2D eigenvalue weighted by Crippen LogP contribution is -2.43. The fourth-order valence-corrected chi connectivity index (χ4v) is 1.88. The zero-order valence-corrected chi connectivity index (χ0v) is 8.64. The third kappa shape index (κ3) is 1.55. The van der Waals surface area contributed by atoms with E-state index in [1.807, 2.05) is 24.3 Å². The summed E-state index contributed by atoms with van der Waals surface area (Å²) in [5, 5.41) is 1.37. The lowest BCUT2D eigenvalue weighted by atomic mass is 9.95. The second-order valence-corrected chi connectivity index (χ2v) is 3.48. The quantitative estimate of drug-likeness (QED) is 0.686. The average Bonchev–Trinajstić information content (AvgIpc) is 2.29. The van der Waals surface area contributed by atoms with Crippen molar-refractivity contribution < 1.29 is 9.63 Å². The van der Waals surface area contributed by atoms with Crippen LogP contribution in [0, 0.1) is 0 Å². The summed E-state index contributed by atoms with van der Waals surface area (Å²) in [5.74, 6) is -0.0933. The molecule has 0 saturated carbocycles. The highest BCUT2D eigenvalue weighted by Crippen LogP contribution is 2.23. The van der Waals surface area contributed by atoms with Crippen LogP contribution in [0.5, 0.6) is 0 Å². The van der Waals surface area contributed by atoms with Crippen LogP contribution in [0.2, 0.25) is 0 Å². The minimum absolute atomic E-state index is 0.0719. The highest BCUT2D eigenvalue weighted by atomic mass is 16.7. The first-order chi connectivity index (χ1) is 7.27. The minimum atomic E-state index is -0.0933. The van der Waals surface area contributed by atoms with Crippen molar-refractivity contribution in [1.29, 1.82) is 0 Å². The van der Waals surface area contributed by atoms with Gasteiger partial charge in [0.1, 0.15) is 0 Å². The fourth-order valence-electron chi connectivity index (χ4n) is 1.88. The van der Waals surface area contributed by atoms with Gasteiger partial charge in [-0.25, -0.2) is 5.06 Å². The molecule has 0 spiro atoms. The van der Waals surface area contributed by atoms with Crippen LogP contribution in [0.3, 0.4) is 0 Å². The summed E-state index contributed by atoms with van der Waals surface area (Å²) in [4.78, 5) is 17.0. The second-order valence-electron chi connectivity index (χ2n) is 3.48. The van der Waals surface area contributed by atoms with Crippen molar-refractivity contribution in [2.45, 2.75) is 12.5 Å². The van der Waals surface area contributed by atoms with Crippen LogP contribution in [0.4, 0.5) is 0 Å². The van der Waals surface area contributed by atoms with Gasteiger partial charge >= 0.3 is 0 Å². The Kier molecular flexibility index (Phi) is 2.56. The Morgan fingerprint density at radius 1 is 1.53 bits per heavy atom. The maximum atomic E-state index is 12.0. The Morgan fingerprint density at radius 3 is 2.93 bits per heavy atom. The molecule has 1 amide bonds. The molecule has 1 aromatic carbocycles. The van der Waals surface area contributed by atoms with Crippen molar-refractivity contribution in [1.82, 2.24) is 5.06 Å². The lowest BCUT2D eigenvalue weighted by molar-refractivity contribution is -0.115. The molecular weight excluding hydrogens is 190 g/mol. The number of carbonyl (C=O) groups is 1. The van der Waals surface area contributed by atoms with Gasteiger partial charge in [0, 0.05) is 5.56 Å². The molecule has 0 aromatic heterocycles. The van der Waals surface area contributed by atoms with Crippen LogP contribution in [0.25, 0.3) is 0 Å². The van der Waals surface area contributed by atoms with Crippen molar-refractivity contribution in [2.24, 2.45) is 0 Å². The summed E-state index contributed by atoms with van der Waals surface area (Å²) in [6.07, 6.45) is 2.50. The molecule has 0 N–H and O–H groups in total. The standard InChI is InChI=1S/C12H13NO2/c1-3-10-8-9-6-4-5-7-11(9)12(14)13(10)15-2/h3-7,10H,1,8H2,2H3. The normalized spacial score (nSPS) is 19.9. The molecule has 78 valence electrons. The van der Waals surface area contributed by atoms with E-state index >= 15 is 0 Å². The van der Waals surface area contributed by atoms with Crippen LogP contribution in [0.15, 0.2) is 36.9 Å². The molecule has 0 bridgehead atoms. The van der Waals surface area contributed by atoms with Gasteiger partial charge in [-0.1, -0.05) is 24.3 Å². The van der Waals surface area contributed by atoms with Crippen LogP contribution in [-0.2, 0) is 11.3 Å². The molecule has 1 aromatic rings. The SMILES string of the molecule is C=CC1Cc2ccccc2C(=O)N1OC. The fraction of sp³-hybridized carbons (Fsp3) is 0.250. The monoisotopic (exact) mass is 203 g/mol. The topological polar surface area (TPSA) is 29.5 Å². The number of amides is 1. The Balaban J connectivity index is 2.45. The molecule has 0 saturated heterocycles. The Labute approximate surface area is 88.9 Å². The van der Waals surface area contributed by atoms with E-state index in [9.17, 15) is 4.79 Å². The number of hydrogen-bond acceptors (Lipinski definition) is 2. The van der Waals surface area contributed by atoms with Crippen molar-refractivity contribution in [3.63, 3.8) is 0 Å². The summed E-state index contributed by atoms with van der Waals surface area (Å²) >= 11 is 0. The smallest absolute Gasteiger partial charge is 0.273 e. The van der Waals surface area contributed by atoms with E-state index in [1.165, 1.54) is 12.2 Å². The van der Waals surface area contributed by atoms with Gasteiger partial charge in [-0.15, -0.1) is 6.58 Å². The molecule has 2 rings (SSSR count). The van der Waals surface area contributed by atoms with Gasteiger partial charge < -0.3 is 0 Å². The van der Waals surface area contributed by atoms with E-state index in [4.69, 9.17) is 4.84 Å². The summed E-state index contributed by atoms with van der Waals surface area (Å²) in [7, 11) is 1.50. The summed E-state index contributed by atoms with van der Waals surface area (Å²) < 4.78 is 0. The van der Waals surface area contributed by atoms with Gasteiger partial charge in [0.05, 0.1) is 13.2 Å². The summed E-state index contributed by atoms with van der Waals surface area (Å²) in [5.41, 5.74) is 1.78. The molecule has 1 aliphatic heterocycles. The third-order valence-electron chi connectivity index (χ3n) is 2.65. The molecule has 1 aliphatic rings. The largest absolute Gasteiger partial charge is 0.278 e. The van der Waals surface area contributed by atoms with Gasteiger partial charge in [0.15, 0.2) is 0 Å². The van der Waals surface area contributed by atoms with Crippen molar-refractivity contribution in [3.8, 4) is 0 Å². The van der Waals surface area contributed by atoms with Gasteiger partial charge in [-0.2, -0.15) is 0 Å². The second kappa shape index (κ2) is 3.87. The summed E-state index contributed by atoms with van der Waals surface area (Å²) in [6.45, 7) is 3.72. The Bertz CT molecular complexity index is 400. The molecule has 1 atom stereocenters. The van der Waals surface area contributed by atoms with Crippen molar-refractivity contribution >= 4 is 5.91 Å². The van der Waals surface area contributed by atoms with Crippen LogP contribution in [0.1, 0.15) is 15.9 Å². The number of carbonyl (C=O) groups excluding carboxylic acids is 1. The molecule has 0 aliphatic carbocycles. The molecule has 3 heteroatoms. The Morgan fingerprint density at radius 2 is 2.27 bits per heavy atom. The number of hydroxylamine groups is 2. The number of hydrogen-bond donors (Lipinski definition) is 0. The molecule has 1 unspecified atom stereocenters. The van der Waals surface area contributed by atoms with Gasteiger partial charge in [0.2, 0.25) is 0 Å². The first-order valence-corrected chi connectivity index (χ1v) is 4.86. The van der Waals surface area contributed by atoms with Crippen LogP contribution in [-0.4, -0.2) is 24.1 Å². The zero-order chi connectivity index (χ0) is 10.8. The van der Waals surface area contributed by atoms with Crippen molar-refractivity contribution in [2.75, 3.05) is 7.11 Å². The predicted molar refractivity (Wildman–Crippen MR) is 57.3 cm³/mol. The molecule has 1 heterocycles. The number of rotatable bonds is 2. The number of fused-ring (bicyclic) bond motifs is 1. The van der Waals surface area contributed by atoms with Gasteiger partial charge in [-0.05, 0) is 18.1 Å². The first-order valence-electron chi connectivity index (χ1n) is 4.86. The van der Waals surface area contributed by atoms with Crippen LogP contribution < -0.4 is 0 Å². The van der Waals surface area contributed by atoms with E-state index in [0.29, 0.717) is 0 Å². The highest BCUT2D eigenvalue weighted by molar-refractivity contribution is 5.96. The Hall–Kier alpha value is -1.61. The van der Waals surface area contributed by atoms with Crippen molar-refractivity contribution in [3.05, 3.63) is 48.0 Å². The maximum Gasteiger partial charge on any atom is 0.278 e.